The van der Waals surface area contributed by atoms with Gasteiger partial charge in [0.05, 0.1) is 0 Å². The van der Waals surface area contributed by atoms with E-state index in [2.05, 4.69) is 16.3 Å². The van der Waals surface area contributed by atoms with Crippen LogP contribution in [-0.2, 0) is 39.8 Å². The maximum absolute atomic E-state index is 4.32. The normalized spacial score (nSPS) is 10.1. The van der Waals surface area contributed by atoms with Gasteiger partial charge < -0.3 is 9.55 Å². The molecule has 3 nitrogen and oxygen atoms in total. The Morgan fingerprint density at radius 2 is 2.08 bits per heavy atom. The average molecular weight is 249 g/mol. The number of hydrogen-bond donors (Lipinski definition) is 0. The number of imidazole rings is 1. The summed E-state index contributed by atoms with van der Waals surface area (Å²) in [5.74, 6) is 0. The van der Waals surface area contributed by atoms with Gasteiger partial charge in [-0.3, -0.25) is 4.98 Å². The molecule has 0 saturated heterocycles. The molecule has 0 spiro atoms. The zero-order valence-corrected chi connectivity index (χ0v) is 10.8. The third kappa shape index (κ3) is 1.81. The fraction of sp³-hybridized carbons (Fsp3) is 0.333. The first kappa shape index (κ1) is 10.8. The van der Waals surface area contributed by atoms with Gasteiger partial charge >= 0.3 is 32.7 Å². The molecule has 0 fully saturated rings. The number of pyridine rings is 1. The minimum Gasteiger partial charge on any atom is -0.450 e. The predicted octanol–water partition coefficient (Wildman–Crippen LogP) is 1.38. The van der Waals surface area contributed by atoms with E-state index in [-0.39, 0.29) is 32.7 Å². The molecule has 0 unspecified atom stereocenters. The molecule has 0 bridgehead atoms. The Hall–Kier alpha value is -0.276. The van der Waals surface area contributed by atoms with E-state index in [1.165, 1.54) is 0 Å². The first-order valence-electron chi connectivity index (χ1n) is 3.87. The van der Waals surface area contributed by atoms with Crippen molar-refractivity contribution in [3.63, 3.8) is 0 Å². The van der Waals surface area contributed by atoms with Crippen molar-refractivity contribution >= 4 is 11.0 Å². The summed E-state index contributed by atoms with van der Waals surface area (Å²) in [6.45, 7) is 3.95. The molecule has 2 aromatic heterocycles. The van der Waals surface area contributed by atoms with Gasteiger partial charge in [0.15, 0.2) is 0 Å². The van der Waals surface area contributed by atoms with Crippen LogP contribution in [0.3, 0.4) is 0 Å². The van der Waals surface area contributed by atoms with E-state index in [1.807, 2.05) is 31.5 Å². The summed E-state index contributed by atoms with van der Waals surface area (Å²) in [5, 5.41) is 0. The van der Waals surface area contributed by atoms with Gasteiger partial charge in [-0.1, -0.05) is 11.6 Å². The van der Waals surface area contributed by atoms with Crippen molar-refractivity contribution in [3.8, 4) is 0 Å². The molecule has 62 valence electrons. The number of aromatic nitrogens is 3. The molecule has 4 heteroatoms. The SMILES string of the molecule is Cc1cc2c(n[c-]n2C)c(C)n1.[Y+3]. The molecule has 13 heavy (non-hydrogen) atoms. The van der Waals surface area contributed by atoms with Crippen molar-refractivity contribution in [2.75, 3.05) is 0 Å². The molecule has 0 aliphatic carbocycles. The second kappa shape index (κ2) is 3.85. The van der Waals surface area contributed by atoms with Crippen LogP contribution in [0.5, 0.6) is 0 Å². The number of rotatable bonds is 0. The van der Waals surface area contributed by atoms with Crippen molar-refractivity contribution < 1.29 is 32.7 Å². The van der Waals surface area contributed by atoms with Gasteiger partial charge in [-0.05, 0) is 32.1 Å². The molecule has 2 heterocycles. The van der Waals surface area contributed by atoms with Gasteiger partial charge in [0.2, 0.25) is 0 Å². The first-order chi connectivity index (χ1) is 5.68. The van der Waals surface area contributed by atoms with Crippen molar-refractivity contribution in [3.05, 3.63) is 23.8 Å². The van der Waals surface area contributed by atoms with E-state index in [9.17, 15) is 0 Å². The van der Waals surface area contributed by atoms with Crippen molar-refractivity contribution in [1.82, 2.24) is 14.5 Å². The molecular weight excluding hydrogens is 239 g/mol. The zero-order valence-electron chi connectivity index (χ0n) is 8.00. The van der Waals surface area contributed by atoms with Crippen LogP contribution in [0.25, 0.3) is 11.0 Å². The average Bonchev–Trinajstić information content (AvgIpc) is 2.33. The van der Waals surface area contributed by atoms with E-state index in [0.29, 0.717) is 0 Å². The molecule has 2 rings (SSSR count). The second-order valence-corrected chi connectivity index (χ2v) is 2.99. The van der Waals surface area contributed by atoms with Crippen LogP contribution in [-0.4, -0.2) is 14.5 Å². The van der Waals surface area contributed by atoms with Crippen molar-refractivity contribution in [1.29, 1.82) is 0 Å². The molecule has 0 atom stereocenters. The van der Waals surface area contributed by atoms with Crippen LogP contribution in [0.1, 0.15) is 11.4 Å². The van der Waals surface area contributed by atoms with Crippen LogP contribution in [0.2, 0.25) is 0 Å². The molecular formula is C9H10N3Y+2. The third-order valence-corrected chi connectivity index (χ3v) is 1.95. The quantitative estimate of drug-likeness (QED) is 0.660. The summed E-state index contributed by atoms with van der Waals surface area (Å²) < 4.78 is 1.89. The molecule has 0 N–H and O–H groups in total. The Morgan fingerprint density at radius 3 is 2.77 bits per heavy atom. The number of nitrogens with zero attached hydrogens (tertiary/aromatic N) is 3. The van der Waals surface area contributed by atoms with Crippen LogP contribution in [0.15, 0.2) is 6.07 Å². The summed E-state index contributed by atoms with van der Waals surface area (Å²) in [7, 11) is 1.94. The van der Waals surface area contributed by atoms with E-state index in [0.717, 1.165) is 22.4 Å². The molecule has 0 aromatic carbocycles. The zero-order chi connectivity index (χ0) is 8.72. The predicted molar refractivity (Wildman–Crippen MR) is 46.8 cm³/mol. The summed E-state index contributed by atoms with van der Waals surface area (Å²) in [5.41, 5.74) is 4.04. The molecule has 0 aliphatic rings. The van der Waals surface area contributed by atoms with Crippen LogP contribution < -0.4 is 0 Å². The Labute approximate surface area is 102 Å². The Bertz CT molecular complexity index is 434. The summed E-state index contributed by atoms with van der Waals surface area (Å²) in [6, 6.07) is 2.02. The van der Waals surface area contributed by atoms with Gasteiger partial charge in [0.1, 0.15) is 0 Å². The van der Waals surface area contributed by atoms with Gasteiger partial charge in [-0.25, -0.2) is 0 Å². The van der Waals surface area contributed by atoms with E-state index in [1.54, 1.807) is 0 Å². The second-order valence-electron chi connectivity index (χ2n) is 2.99. The topological polar surface area (TPSA) is 30.7 Å². The summed E-state index contributed by atoms with van der Waals surface area (Å²) in [4.78, 5) is 8.45. The van der Waals surface area contributed by atoms with Crippen LogP contribution in [0, 0.1) is 20.2 Å². The number of fused-ring (bicyclic) bond motifs is 1. The van der Waals surface area contributed by atoms with Crippen molar-refractivity contribution in [2.24, 2.45) is 7.05 Å². The largest absolute Gasteiger partial charge is 3.00 e. The molecule has 0 saturated carbocycles. The van der Waals surface area contributed by atoms with Crippen LogP contribution in [0.4, 0.5) is 0 Å². The van der Waals surface area contributed by atoms with Gasteiger partial charge in [0, 0.05) is 12.0 Å². The van der Waals surface area contributed by atoms with Gasteiger partial charge in [-0.15, -0.1) is 0 Å². The Balaban J connectivity index is 0.000000845. The number of aryl methyl sites for hydroxylation is 3. The maximum Gasteiger partial charge on any atom is 3.00 e. The van der Waals surface area contributed by atoms with E-state index < -0.39 is 0 Å². The minimum absolute atomic E-state index is 0. The number of hydrogen-bond acceptors (Lipinski definition) is 2. The summed E-state index contributed by atoms with van der Waals surface area (Å²) in [6.07, 6.45) is 2.87. The Morgan fingerprint density at radius 1 is 1.38 bits per heavy atom. The summed E-state index contributed by atoms with van der Waals surface area (Å²) >= 11 is 0. The molecule has 2 aromatic rings. The monoisotopic (exact) mass is 249 g/mol. The maximum atomic E-state index is 4.32. The Kier molecular flexibility index (Phi) is 3.20. The van der Waals surface area contributed by atoms with Crippen LogP contribution >= 0.6 is 0 Å². The molecule has 0 radical (unpaired) electrons. The van der Waals surface area contributed by atoms with E-state index in [4.69, 9.17) is 0 Å². The first-order valence-corrected chi connectivity index (χ1v) is 3.87. The molecule has 0 amide bonds. The smallest absolute Gasteiger partial charge is 0.450 e. The minimum atomic E-state index is 0. The fourth-order valence-electron chi connectivity index (χ4n) is 1.37. The third-order valence-electron chi connectivity index (χ3n) is 1.95. The van der Waals surface area contributed by atoms with E-state index >= 15 is 0 Å². The molecule has 0 aliphatic heterocycles. The van der Waals surface area contributed by atoms with Gasteiger partial charge in [0.25, 0.3) is 0 Å². The fourth-order valence-corrected chi connectivity index (χ4v) is 1.37. The van der Waals surface area contributed by atoms with Crippen molar-refractivity contribution in [2.45, 2.75) is 13.8 Å². The standard InChI is InChI=1S/C9H10N3.Y/c1-6-4-8-9(7(2)11-6)10-5-12(8)3;/h4H,1-3H3;/q-1;+3. The van der Waals surface area contributed by atoms with Gasteiger partial charge in [-0.2, -0.15) is 0 Å².